The summed E-state index contributed by atoms with van der Waals surface area (Å²) in [7, 11) is -4.16. The number of carboxylic acid groups (broad SMARTS) is 1. The first-order valence-electron chi connectivity index (χ1n) is 4.68. The average Bonchev–Trinajstić information content (AvgIpc) is 2.13. The minimum atomic E-state index is -4.16. The molecule has 0 aliphatic carbocycles. The lowest BCUT2D eigenvalue weighted by atomic mass is 10.2. The Morgan fingerprint density at radius 3 is 2.61 bits per heavy atom. The predicted octanol–water partition coefficient (Wildman–Crippen LogP) is 0.730. The van der Waals surface area contributed by atoms with Crippen LogP contribution in [0.3, 0.4) is 0 Å². The number of aryl methyl sites for hydroxylation is 1. The van der Waals surface area contributed by atoms with E-state index in [0.29, 0.717) is 5.56 Å². The molecule has 2 N–H and O–H groups in total. The molecule has 0 bridgehead atoms. The third-order valence-electron chi connectivity index (χ3n) is 1.93. The van der Waals surface area contributed by atoms with Gasteiger partial charge in [0.1, 0.15) is 5.69 Å². The van der Waals surface area contributed by atoms with Crippen LogP contribution >= 0.6 is 0 Å². The number of hydrogen-bond donors (Lipinski definition) is 2. The third-order valence-corrected chi connectivity index (χ3v) is 3.09. The first-order chi connectivity index (χ1) is 8.21. The van der Waals surface area contributed by atoms with Crippen molar-refractivity contribution in [3.05, 3.63) is 33.9 Å². The summed E-state index contributed by atoms with van der Waals surface area (Å²) in [5.41, 5.74) is -0.0792. The maximum absolute atomic E-state index is 11.4. The van der Waals surface area contributed by atoms with Gasteiger partial charge in [-0.2, -0.15) is 0 Å². The van der Waals surface area contributed by atoms with Gasteiger partial charge in [0.05, 0.1) is 4.92 Å². The van der Waals surface area contributed by atoms with Crippen LogP contribution in [0.25, 0.3) is 0 Å². The molecule has 0 aromatic heterocycles. The topological polar surface area (TPSA) is 127 Å². The van der Waals surface area contributed by atoms with Gasteiger partial charge in [-0.3, -0.25) is 19.6 Å². The Bertz CT molecular complexity index is 595. The van der Waals surface area contributed by atoms with Crippen molar-refractivity contribution < 1.29 is 23.2 Å². The fourth-order valence-corrected chi connectivity index (χ4v) is 2.15. The Hall–Kier alpha value is -2.16. The second-order valence-corrected chi connectivity index (χ2v) is 5.25. The summed E-state index contributed by atoms with van der Waals surface area (Å²) in [6.45, 7) is 1.62. The Balaban J connectivity index is 3.14. The van der Waals surface area contributed by atoms with Crippen molar-refractivity contribution in [3.63, 3.8) is 0 Å². The van der Waals surface area contributed by atoms with Crippen molar-refractivity contribution in [2.24, 2.45) is 0 Å². The Labute approximate surface area is 102 Å². The van der Waals surface area contributed by atoms with Crippen molar-refractivity contribution >= 4 is 27.4 Å². The molecule has 1 aromatic rings. The number of carboxylic acids is 1. The largest absolute Gasteiger partial charge is 0.480 e. The maximum Gasteiger partial charge on any atom is 0.320 e. The molecule has 8 nitrogen and oxygen atoms in total. The van der Waals surface area contributed by atoms with E-state index >= 15 is 0 Å². The summed E-state index contributed by atoms with van der Waals surface area (Å²) in [5, 5.41) is 19.1. The molecular formula is C9H10N2O6S. The molecule has 9 heteroatoms. The molecule has 0 radical (unpaired) electrons. The van der Waals surface area contributed by atoms with E-state index in [2.05, 4.69) is 0 Å². The minimum absolute atomic E-state index is 0.249. The number of anilines is 1. The Morgan fingerprint density at radius 2 is 2.11 bits per heavy atom. The van der Waals surface area contributed by atoms with Crippen molar-refractivity contribution in [3.8, 4) is 0 Å². The molecule has 0 heterocycles. The van der Waals surface area contributed by atoms with E-state index in [4.69, 9.17) is 5.11 Å². The summed E-state index contributed by atoms with van der Waals surface area (Å²) in [6.07, 6.45) is 0. The van der Waals surface area contributed by atoms with Crippen LogP contribution in [0.4, 0.5) is 11.4 Å². The number of hydrogen-bond acceptors (Lipinski definition) is 5. The molecule has 0 amide bonds. The highest BCUT2D eigenvalue weighted by molar-refractivity contribution is 7.93. The van der Waals surface area contributed by atoms with Gasteiger partial charge in [-0.1, -0.05) is 6.07 Å². The van der Waals surface area contributed by atoms with Crippen LogP contribution in [0.2, 0.25) is 0 Å². The average molecular weight is 274 g/mol. The zero-order valence-corrected chi connectivity index (χ0v) is 10.1. The highest BCUT2D eigenvalue weighted by atomic mass is 32.2. The van der Waals surface area contributed by atoms with Gasteiger partial charge in [-0.05, 0) is 18.6 Å². The van der Waals surface area contributed by atoms with E-state index in [9.17, 15) is 23.3 Å². The monoisotopic (exact) mass is 274 g/mol. The summed E-state index contributed by atoms with van der Waals surface area (Å²) in [4.78, 5) is 20.3. The van der Waals surface area contributed by atoms with Gasteiger partial charge in [-0.25, -0.2) is 8.42 Å². The van der Waals surface area contributed by atoms with Crippen LogP contribution in [0.15, 0.2) is 18.2 Å². The van der Waals surface area contributed by atoms with Gasteiger partial charge in [0.25, 0.3) is 5.69 Å². The number of aliphatic carboxylic acids is 1. The van der Waals surface area contributed by atoms with Gasteiger partial charge in [0.15, 0.2) is 5.75 Å². The molecule has 0 atom stereocenters. The van der Waals surface area contributed by atoms with E-state index in [1.165, 1.54) is 12.1 Å². The van der Waals surface area contributed by atoms with E-state index < -0.39 is 32.4 Å². The molecule has 0 unspecified atom stereocenters. The van der Waals surface area contributed by atoms with Crippen LogP contribution in [0, 0.1) is 17.0 Å². The second kappa shape index (κ2) is 5.00. The molecular weight excluding hydrogens is 264 g/mol. The van der Waals surface area contributed by atoms with Gasteiger partial charge < -0.3 is 5.11 Å². The number of nitrogens with zero attached hydrogens (tertiary/aromatic N) is 1. The van der Waals surface area contributed by atoms with Crippen molar-refractivity contribution in [2.75, 3.05) is 10.5 Å². The van der Waals surface area contributed by atoms with Gasteiger partial charge in [-0.15, -0.1) is 0 Å². The Kier molecular flexibility index (Phi) is 3.86. The van der Waals surface area contributed by atoms with Crippen molar-refractivity contribution in [2.45, 2.75) is 6.92 Å². The molecule has 0 saturated carbocycles. The minimum Gasteiger partial charge on any atom is -0.480 e. The van der Waals surface area contributed by atoms with Crippen LogP contribution in [-0.4, -0.2) is 30.2 Å². The lowest BCUT2D eigenvalue weighted by Gasteiger charge is -2.07. The number of rotatable bonds is 5. The number of benzene rings is 1. The van der Waals surface area contributed by atoms with E-state index in [-0.39, 0.29) is 5.69 Å². The van der Waals surface area contributed by atoms with Crippen LogP contribution in [-0.2, 0) is 14.8 Å². The fraction of sp³-hybridized carbons (Fsp3) is 0.222. The second-order valence-electron chi connectivity index (χ2n) is 3.53. The summed E-state index contributed by atoms with van der Waals surface area (Å²) < 4.78 is 24.7. The van der Waals surface area contributed by atoms with Crippen LogP contribution in [0.5, 0.6) is 0 Å². The first kappa shape index (κ1) is 13.9. The lowest BCUT2D eigenvalue weighted by molar-refractivity contribution is -0.383. The predicted molar refractivity (Wildman–Crippen MR) is 62.9 cm³/mol. The molecule has 0 aliphatic rings. The van der Waals surface area contributed by atoms with E-state index in [1.54, 1.807) is 6.92 Å². The van der Waals surface area contributed by atoms with Crippen LogP contribution in [0.1, 0.15) is 5.56 Å². The number of nitro benzene ring substituents is 1. The van der Waals surface area contributed by atoms with Gasteiger partial charge >= 0.3 is 5.97 Å². The first-order valence-corrected chi connectivity index (χ1v) is 6.34. The molecule has 1 rings (SSSR count). The molecule has 18 heavy (non-hydrogen) atoms. The molecule has 0 saturated heterocycles. The number of carbonyl (C=O) groups is 1. The highest BCUT2D eigenvalue weighted by Gasteiger charge is 2.21. The quantitative estimate of drug-likeness (QED) is 0.602. The van der Waals surface area contributed by atoms with Crippen LogP contribution < -0.4 is 4.72 Å². The Morgan fingerprint density at radius 1 is 1.50 bits per heavy atom. The van der Waals surface area contributed by atoms with Crippen molar-refractivity contribution in [1.29, 1.82) is 0 Å². The zero-order chi connectivity index (χ0) is 13.9. The zero-order valence-electron chi connectivity index (χ0n) is 9.28. The summed E-state index contributed by atoms with van der Waals surface area (Å²) in [6, 6.07) is 3.86. The molecule has 98 valence electrons. The van der Waals surface area contributed by atoms with Gasteiger partial charge in [0.2, 0.25) is 10.0 Å². The molecule has 0 spiro atoms. The molecule has 0 aliphatic heterocycles. The van der Waals surface area contributed by atoms with E-state index in [0.717, 1.165) is 6.07 Å². The summed E-state index contributed by atoms with van der Waals surface area (Å²) >= 11 is 0. The van der Waals surface area contributed by atoms with Gasteiger partial charge in [0, 0.05) is 6.07 Å². The van der Waals surface area contributed by atoms with Crippen molar-refractivity contribution in [1.82, 2.24) is 0 Å². The molecule has 0 fully saturated rings. The fourth-order valence-electron chi connectivity index (χ4n) is 1.26. The standard InChI is InChI=1S/C9H10N2O6S/c1-6-2-3-8(11(14)15)7(4-6)10-18(16,17)5-9(12)13/h2-4,10H,5H2,1H3,(H,12,13). The highest BCUT2D eigenvalue weighted by Crippen LogP contribution is 2.26. The maximum atomic E-state index is 11.4. The summed E-state index contributed by atoms with van der Waals surface area (Å²) in [5.74, 6) is -2.70. The number of nitrogens with one attached hydrogen (secondary N) is 1. The lowest BCUT2D eigenvalue weighted by Crippen LogP contribution is -2.22. The number of nitro groups is 1. The third kappa shape index (κ3) is 3.70. The SMILES string of the molecule is Cc1ccc([N+](=O)[O-])c(NS(=O)(=O)CC(=O)O)c1. The normalized spacial score (nSPS) is 10.9. The number of sulfonamides is 1. The smallest absolute Gasteiger partial charge is 0.320 e. The molecule has 1 aromatic carbocycles. The van der Waals surface area contributed by atoms with E-state index in [1.807, 2.05) is 4.72 Å².